The lowest BCUT2D eigenvalue weighted by molar-refractivity contribution is 0.0628. The largest absolute Gasteiger partial charge is 0.336 e. The van der Waals surface area contributed by atoms with E-state index >= 15 is 0 Å². The van der Waals surface area contributed by atoms with Crippen LogP contribution in [0.5, 0.6) is 0 Å². The highest BCUT2D eigenvalue weighted by atomic mass is 32.2. The van der Waals surface area contributed by atoms with Crippen molar-refractivity contribution < 1.29 is 13.2 Å². The van der Waals surface area contributed by atoms with Gasteiger partial charge in [-0.25, -0.2) is 13.4 Å². The zero-order valence-electron chi connectivity index (χ0n) is 17.5. The van der Waals surface area contributed by atoms with Crippen LogP contribution in [-0.2, 0) is 16.6 Å². The van der Waals surface area contributed by atoms with Gasteiger partial charge in [0.05, 0.1) is 17.1 Å². The fraction of sp³-hybridized carbons (Fsp3) is 0.524. The van der Waals surface area contributed by atoms with Gasteiger partial charge in [0.2, 0.25) is 10.0 Å². The van der Waals surface area contributed by atoms with Gasteiger partial charge in [-0.2, -0.15) is 4.31 Å². The normalized spacial score (nSPS) is 18.8. The molecule has 0 radical (unpaired) electrons. The van der Waals surface area contributed by atoms with E-state index in [1.165, 1.54) is 9.18 Å². The molecule has 3 heterocycles. The first-order chi connectivity index (χ1) is 14.3. The number of carbonyl (C=O) groups excluding carboxylic acids is 1. The Bertz CT molecular complexity index is 984. The van der Waals surface area contributed by atoms with E-state index in [1.807, 2.05) is 11.8 Å². The fourth-order valence-electron chi connectivity index (χ4n) is 3.94. The van der Waals surface area contributed by atoms with Crippen molar-refractivity contribution in [3.8, 4) is 0 Å². The van der Waals surface area contributed by atoms with Crippen LogP contribution in [-0.4, -0.2) is 72.7 Å². The van der Waals surface area contributed by atoms with Gasteiger partial charge in [-0.3, -0.25) is 9.69 Å². The Morgan fingerprint density at radius 2 is 1.63 bits per heavy atom. The third kappa shape index (κ3) is 4.44. The van der Waals surface area contributed by atoms with E-state index in [1.54, 1.807) is 35.6 Å². The number of nitrogens with zero attached hydrogens (tertiary/aromatic N) is 4. The molecule has 2 aliphatic heterocycles. The Morgan fingerprint density at radius 3 is 2.20 bits per heavy atom. The average molecular weight is 449 g/mol. The van der Waals surface area contributed by atoms with Crippen molar-refractivity contribution in [3.05, 3.63) is 45.4 Å². The van der Waals surface area contributed by atoms with Crippen molar-refractivity contribution in [2.45, 2.75) is 38.1 Å². The minimum absolute atomic E-state index is 0.0410. The Hall–Kier alpha value is -1.81. The molecule has 30 heavy (non-hydrogen) atoms. The first kappa shape index (κ1) is 21.4. The van der Waals surface area contributed by atoms with Crippen LogP contribution in [0.2, 0.25) is 0 Å². The smallest absolute Gasteiger partial charge is 0.253 e. The Balaban J connectivity index is 1.35. The van der Waals surface area contributed by atoms with Crippen LogP contribution < -0.4 is 0 Å². The molecular weight excluding hydrogens is 420 g/mol. The van der Waals surface area contributed by atoms with Crippen LogP contribution in [0.15, 0.2) is 29.2 Å². The van der Waals surface area contributed by atoms with Crippen LogP contribution in [0.3, 0.4) is 0 Å². The number of hydrogen-bond donors (Lipinski definition) is 0. The number of rotatable bonds is 5. The molecule has 0 bridgehead atoms. The predicted octanol–water partition coefficient (Wildman–Crippen LogP) is 2.50. The van der Waals surface area contributed by atoms with Crippen molar-refractivity contribution in [2.75, 3.05) is 39.3 Å². The summed E-state index contributed by atoms with van der Waals surface area (Å²) in [6.07, 6.45) is 1.81. The van der Waals surface area contributed by atoms with E-state index in [-0.39, 0.29) is 10.8 Å². The first-order valence-corrected chi connectivity index (χ1v) is 12.6. The third-order valence-corrected chi connectivity index (χ3v) is 8.87. The molecule has 4 rings (SSSR count). The maximum atomic E-state index is 12.9. The number of thiazole rings is 1. The molecule has 0 spiro atoms. The molecular formula is C21H28N4O3S2. The van der Waals surface area contributed by atoms with E-state index in [2.05, 4.69) is 16.8 Å². The van der Waals surface area contributed by atoms with E-state index in [9.17, 15) is 13.2 Å². The van der Waals surface area contributed by atoms with Crippen molar-refractivity contribution in [1.29, 1.82) is 0 Å². The molecule has 162 valence electrons. The van der Waals surface area contributed by atoms with Crippen molar-refractivity contribution in [3.63, 3.8) is 0 Å². The monoisotopic (exact) mass is 448 g/mol. The quantitative estimate of drug-likeness (QED) is 0.703. The molecule has 2 fully saturated rings. The van der Waals surface area contributed by atoms with Crippen LogP contribution in [0.25, 0.3) is 0 Å². The summed E-state index contributed by atoms with van der Waals surface area (Å²) in [4.78, 5) is 23.2. The standard InChI is InChI=1S/C21H28N4O3S2/c1-16-17(2)29-20(22-16)15-23-11-13-24(14-12-23)21(26)18-5-7-19(8-6-18)30(27,28)25-9-3-4-10-25/h5-8H,3-4,9-15H2,1-2H3. The van der Waals surface area contributed by atoms with E-state index in [0.717, 1.165) is 43.2 Å². The molecule has 9 heteroatoms. The maximum absolute atomic E-state index is 12.9. The average Bonchev–Trinajstić information content (AvgIpc) is 3.39. The molecule has 0 saturated carbocycles. The molecule has 0 N–H and O–H groups in total. The third-order valence-electron chi connectivity index (χ3n) is 5.90. The predicted molar refractivity (Wildman–Crippen MR) is 117 cm³/mol. The molecule has 1 aromatic heterocycles. The van der Waals surface area contributed by atoms with Gasteiger partial charge in [-0.15, -0.1) is 11.3 Å². The van der Waals surface area contributed by atoms with E-state index in [0.29, 0.717) is 31.7 Å². The van der Waals surface area contributed by atoms with Gasteiger partial charge in [0.25, 0.3) is 5.91 Å². The Kier molecular flexibility index (Phi) is 6.24. The topological polar surface area (TPSA) is 73.8 Å². The van der Waals surface area contributed by atoms with Crippen LogP contribution in [0, 0.1) is 13.8 Å². The lowest BCUT2D eigenvalue weighted by Gasteiger charge is -2.34. The zero-order valence-corrected chi connectivity index (χ0v) is 19.1. The Labute approximate surface area is 182 Å². The molecule has 1 amide bonds. The Morgan fingerprint density at radius 1 is 1.00 bits per heavy atom. The zero-order chi connectivity index (χ0) is 21.3. The van der Waals surface area contributed by atoms with Gasteiger partial charge < -0.3 is 4.90 Å². The summed E-state index contributed by atoms with van der Waals surface area (Å²) >= 11 is 1.74. The number of aromatic nitrogens is 1. The number of piperazine rings is 1. The molecule has 0 atom stereocenters. The van der Waals surface area contributed by atoms with Crippen LogP contribution in [0.4, 0.5) is 0 Å². The number of benzene rings is 1. The van der Waals surface area contributed by atoms with Gasteiger partial charge in [0, 0.05) is 49.7 Å². The van der Waals surface area contributed by atoms with Gasteiger partial charge >= 0.3 is 0 Å². The summed E-state index contributed by atoms with van der Waals surface area (Å²) in [6, 6.07) is 6.39. The van der Waals surface area contributed by atoms with Gasteiger partial charge in [0.15, 0.2) is 0 Å². The lowest BCUT2D eigenvalue weighted by atomic mass is 10.2. The van der Waals surface area contributed by atoms with Crippen LogP contribution in [0.1, 0.15) is 38.8 Å². The molecule has 2 aliphatic rings. The molecule has 2 saturated heterocycles. The maximum Gasteiger partial charge on any atom is 0.253 e. The summed E-state index contributed by atoms with van der Waals surface area (Å²) in [7, 11) is -3.45. The van der Waals surface area contributed by atoms with Crippen molar-refractivity contribution in [1.82, 2.24) is 19.1 Å². The highest BCUT2D eigenvalue weighted by molar-refractivity contribution is 7.89. The van der Waals surface area contributed by atoms with E-state index in [4.69, 9.17) is 0 Å². The van der Waals surface area contributed by atoms with Gasteiger partial charge in [-0.05, 0) is 51.0 Å². The number of sulfonamides is 1. The molecule has 7 nitrogen and oxygen atoms in total. The summed E-state index contributed by atoms with van der Waals surface area (Å²) < 4.78 is 26.8. The molecule has 1 aromatic carbocycles. The minimum atomic E-state index is -3.45. The minimum Gasteiger partial charge on any atom is -0.336 e. The van der Waals surface area contributed by atoms with Crippen LogP contribution >= 0.6 is 11.3 Å². The highest BCUT2D eigenvalue weighted by Crippen LogP contribution is 2.22. The second kappa shape index (κ2) is 8.74. The highest BCUT2D eigenvalue weighted by Gasteiger charge is 2.28. The number of aryl methyl sites for hydroxylation is 2. The first-order valence-electron chi connectivity index (χ1n) is 10.4. The summed E-state index contributed by atoms with van der Waals surface area (Å²) in [5, 5.41) is 1.12. The van der Waals surface area contributed by atoms with E-state index < -0.39 is 10.0 Å². The van der Waals surface area contributed by atoms with Crippen molar-refractivity contribution >= 4 is 27.3 Å². The summed E-state index contributed by atoms with van der Waals surface area (Å²) in [6.45, 7) is 9.05. The lowest BCUT2D eigenvalue weighted by Crippen LogP contribution is -2.48. The van der Waals surface area contributed by atoms with Gasteiger partial charge in [0.1, 0.15) is 5.01 Å². The number of hydrogen-bond acceptors (Lipinski definition) is 6. The number of carbonyl (C=O) groups is 1. The molecule has 0 aliphatic carbocycles. The second-order valence-electron chi connectivity index (χ2n) is 7.95. The van der Waals surface area contributed by atoms with Crippen molar-refractivity contribution in [2.24, 2.45) is 0 Å². The molecule has 0 unspecified atom stereocenters. The number of amides is 1. The summed E-state index contributed by atoms with van der Waals surface area (Å²) in [5.74, 6) is -0.0410. The molecule has 2 aromatic rings. The fourth-order valence-corrected chi connectivity index (χ4v) is 6.43. The SMILES string of the molecule is Cc1nc(CN2CCN(C(=O)c3ccc(S(=O)(=O)N4CCCC4)cc3)CC2)sc1C. The summed E-state index contributed by atoms with van der Waals surface area (Å²) in [5.41, 5.74) is 1.63. The van der Waals surface area contributed by atoms with Gasteiger partial charge in [-0.1, -0.05) is 0 Å². The second-order valence-corrected chi connectivity index (χ2v) is 11.2.